The summed E-state index contributed by atoms with van der Waals surface area (Å²) < 4.78 is 0. The molecule has 0 fully saturated rings. The number of hydrogen-bond acceptors (Lipinski definition) is 2. The van der Waals surface area contributed by atoms with Crippen molar-refractivity contribution >= 4 is 34.9 Å². The summed E-state index contributed by atoms with van der Waals surface area (Å²) >= 11 is 10.8. The maximum Gasteiger partial charge on any atom is 0.258 e. The van der Waals surface area contributed by atoms with Gasteiger partial charge in [-0.15, -0.1) is 0 Å². The van der Waals surface area contributed by atoms with Gasteiger partial charge in [-0.3, -0.25) is 9.89 Å². The molecular formula is C9H13Cl2N3O. The van der Waals surface area contributed by atoms with Gasteiger partial charge in [-0.05, 0) is 0 Å². The van der Waals surface area contributed by atoms with E-state index < -0.39 is 10.7 Å². The summed E-state index contributed by atoms with van der Waals surface area (Å²) in [5.41, 5.74) is 0.885. The van der Waals surface area contributed by atoms with Gasteiger partial charge in [0.25, 0.3) is 5.91 Å². The molecule has 0 atom stereocenters. The average molecular weight is 250 g/mol. The molecule has 1 aromatic heterocycles. The molecule has 0 unspecified atom stereocenters. The van der Waals surface area contributed by atoms with Crippen LogP contribution in [0.3, 0.4) is 0 Å². The Bertz CT molecular complexity index is 354. The van der Waals surface area contributed by atoms with Crippen LogP contribution >= 0.6 is 23.2 Å². The first-order chi connectivity index (χ1) is 6.80. The van der Waals surface area contributed by atoms with Crippen molar-refractivity contribution in [1.82, 2.24) is 10.2 Å². The van der Waals surface area contributed by atoms with Gasteiger partial charge in [0, 0.05) is 17.2 Å². The van der Waals surface area contributed by atoms with Crippen molar-refractivity contribution in [2.75, 3.05) is 5.32 Å². The standard InChI is InChI=1S/C9H13Cl2N3O/c1-9(2,3)5-4-6(14-13-5)12-8(15)7(10)11/h4,7H,1-3H3,(H2,12,13,14,15). The third-order valence-corrected chi connectivity index (χ3v) is 2.23. The van der Waals surface area contributed by atoms with Gasteiger partial charge in [0.15, 0.2) is 10.7 Å². The highest BCUT2D eigenvalue weighted by Crippen LogP contribution is 2.22. The summed E-state index contributed by atoms with van der Waals surface area (Å²) in [6.07, 6.45) is 0. The number of anilines is 1. The van der Waals surface area contributed by atoms with Crippen LogP contribution in [0.5, 0.6) is 0 Å². The maximum atomic E-state index is 11.1. The first-order valence-corrected chi connectivity index (χ1v) is 5.33. The fraction of sp³-hybridized carbons (Fsp3) is 0.556. The Kier molecular flexibility index (Phi) is 3.62. The number of nitrogens with zero attached hydrogens (tertiary/aromatic N) is 1. The monoisotopic (exact) mass is 249 g/mol. The molecule has 0 saturated heterocycles. The topological polar surface area (TPSA) is 57.8 Å². The molecule has 1 amide bonds. The first-order valence-electron chi connectivity index (χ1n) is 4.45. The fourth-order valence-corrected chi connectivity index (χ4v) is 1.06. The Morgan fingerprint density at radius 1 is 1.53 bits per heavy atom. The minimum atomic E-state index is -1.08. The second-order valence-corrected chi connectivity index (χ2v) is 5.30. The van der Waals surface area contributed by atoms with E-state index in [1.165, 1.54) is 0 Å². The van der Waals surface area contributed by atoms with Crippen LogP contribution in [0.2, 0.25) is 0 Å². The predicted molar refractivity (Wildman–Crippen MR) is 61.4 cm³/mol. The normalized spacial score (nSPS) is 11.9. The van der Waals surface area contributed by atoms with Gasteiger partial charge in [-0.2, -0.15) is 5.10 Å². The van der Waals surface area contributed by atoms with Crippen molar-refractivity contribution in [3.05, 3.63) is 11.8 Å². The highest BCUT2D eigenvalue weighted by atomic mass is 35.5. The van der Waals surface area contributed by atoms with Gasteiger partial charge >= 0.3 is 0 Å². The molecule has 1 heterocycles. The van der Waals surface area contributed by atoms with Crippen molar-refractivity contribution in [1.29, 1.82) is 0 Å². The molecular weight excluding hydrogens is 237 g/mol. The van der Waals surface area contributed by atoms with Gasteiger partial charge < -0.3 is 5.32 Å². The van der Waals surface area contributed by atoms with E-state index in [1.807, 2.05) is 20.8 Å². The van der Waals surface area contributed by atoms with E-state index in [-0.39, 0.29) is 5.41 Å². The molecule has 0 aliphatic carbocycles. The number of nitrogens with one attached hydrogen (secondary N) is 2. The average Bonchev–Trinajstić information content (AvgIpc) is 2.51. The van der Waals surface area contributed by atoms with Crippen molar-refractivity contribution in [3.63, 3.8) is 0 Å². The lowest BCUT2D eigenvalue weighted by Crippen LogP contribution is -2.18. The van der Waals surface area contributed by atoms with Crippen LogP contribution in [-0.2, 0) is 10.2 Å². The zero-order valence-corrected chi connectivity index (χ0v) is 10.3. The Hall–Kier alpha value is -0.740. The third kappa shape index (κ3) is 3.39. The first kappa shape index (κ1) is 12.3. The van der Waals surface area contributed by atoms with Crippen molar-refractivity contribution < 1.29 is 4.79 Å². The van der Waals surface area contributed by atoms with Crippen LogP contribution < -0.4 is 5.32 Å². The van der Waals surface area contributed by atoms with Gasteiger partial charge in [-0.1, -0.05) is 44.0 Å². The Morgan fingerprint density at radius 3 is 2.53 bits per heavy atom. The van der Waals surface area contributed by atoms with E-state index in [9.17, 15) is 4.79 Å². The Morgan fingerprint density at radius 2 is 2.13 bits per heavy atom. The summed E-state index contributed by atoms with van der Waals surface area (Å²) in [5.74, 6) is -0.0542. The highest BCUT2D eigenvalue weighted by Gasteiger charge is 2.18. The molecule has 0 saturated carbocycles. The van der Waals surface area contributed by atoms with Crippen molar-refractivity contribution in [2.24, 2.45) is 0 Å². The van der Waals surface area contributed by atoms with Crippen molar-refractivity contribution in [3.8, 4) is 0 Å². The number of aromatic nitrogens is 2. The van der Waals surface area contributed by atoms with Crippen LogP contribution in [0, 0.1) is 0 Å². The second kappa shape index (κ2) is 4.41. The number of H-pyrrole nitrogens is 1. The molecule has 84 valence electrons. The largest absolute Gasteiger partial charge is 0.307 e. The molecule has 1 rings (SSSR count). The number of hydrogen-bond donors (Lipinski definition) is 2. The molecule has 0 aromatic carbocycles. The Balaban J connectivity index is 2.73. The molecule has 0 radical (unpaired) electrons. The van der Waals surface area contributed by atoms with Gasteiger partial charge in [0.05, 0.1) is 0 Å². The summed E-state index contributed by atoms with van der Waals surface area (Å²) in [4.78, 5) is 10.1. The second-order valence-electron chi connectivity index (χ2n) is 4.21. The van der Waals surface area contributed by atoms with Crippen LogP contribution in [0.1, 0.15) is 26.5 Å². The van der Waals surface area contributed by atoms with E-state index >= 15 is 0 Å². The summed E-state index contributed by atoms with van der Waals surface area (Å²) in [6.45, 7) is 6.12. The van der Waals surface area contributed by atoms with Gasteiger partial charge in [0.1, 0.15) is 0 Å². The lowest BCUT2D eigenvalue weighted by molar-refractivity contribution is -0.114. The predicted octanol–water partition coefficient (Wildman–Crippen LogP) is 2.45. The van der Waals surface area contributed by atoms with E-state index in [4.69, 9.17) is 23.2 Å². The third-order valence-electron chi connectivity index (χ3n) is 1.84. The van der Waals surface area contributed by atoms with Crippen LogP contribution in [0.15, 0.2) is 6.07 Å². The van der Waals surface area contributed by atoms with Crippen molar-refractivity contribution in [2.45, 2.75) is 31.0 Å². The molecule has 0 bridgehead atoms. The maximum absolute atomic E-state index is 11.1. The van der Waals surface area contributed by atoms with Crippen LogP contribution in [-0.4, -0.2) is 20.9 Å². The number of carbonyl (C=O) groups excluding carboxylic acids is 1. The number of halogens is 2. The SMILES string of the molecule is CC(C)(C)c1cc(NC(=O)C(Cl)Cl)n[nH]1. The molecule has 4 nitrogen and oxygen atoms in total. The molecule has 0 aliphatic rings. The van der Waals surface area contributed by atoms with E-state index in [2.05, 4.69) is 15.5 Å². The van der Waals surface area contributed by atoms with Crippen LogP contribution in [0.25, 0.3) is 0 Å². The quantitative estimate of drug-likeness (QED) is 0.792. The Labute approximate surface area is 98.3 Å². The molecule has 6 heteroatoms. The number of rotatable bonds is 2. The smallest absolute Gasteiger partial charge is 0.258 e. The number of amides is 1. The zero-order valence-electron chi connectivity index (χ0n) is 8.77. The molecule has 2 N–H and O–H groups in total. The minimum absolute atomic E-state index is 0.0443. The number of alkyl halides is 2. The minimum Gasteiger partial charge on any atom is -0.307 e. The number of aromatic amines is 1. The lowest BCUT2D eigenvalue weighted by Gasteiger charge is -2.14. The zero-order chi connectivity index (χ0) is 11.6. The van der Waals surface area contributed by atoms with E-state index in [0.717, 1.165) is 5.69 Å². The molecule has 0 aliphatic heterocycles. The van der Waals surface area contributed by atoms with E-state index in [0.29, 0.717) is 5.82 Å². The highest BCUT2D eigenvalue weighted by molar-refractivity contribution is 6.54. The fourth-order valence-electron chi connectivity index (χ4n) is 0.951. The van der Waals surface area contributed by atoms with E-state index in [1.54, 1.807) is 6.07 Å². The molecule has 0 spiro atoms. The lowest BCUT2D eigenvalue weighted by atomic mass is 9.92. The van der Waals surface area contributed by atoms with Crippen LogP contribution in [0.4, 0.5) is 5.82 Å². The molecule has 15 heavy (non-hydrogen) atoms. The summed E-state index contributed by atoms with van der Waals surface area (Å²) in [7, 11) is 0. The van der Waals surface area contributed by atoms with Gasteiger partial charge in [-0.25, -0.2) is 0 Å². The molecule has 1 aromatic rings. The summed E-state index contributed by atoms with van der Waals surface area (Å²) in [6, 6.07) is 1.76. The number of carbonyl (C=O) groups is 1. The van der Waals surface area contributed by atoms with Gasteiger partial charge in [0.2, 0.25) is 0 Å². The summed E-state index contributed by atoms with van der Waals surface area (Å²) in [5, 5.41) is 9.26.